The van der Waals surface area contributed by atoms with Crippen LogP contribution in [0, 0.1) is 0 Å². The van der Waals surface area contributed by atoms with Gasteiger partial charge in [-0.2, -0.15) is 0 Å². The molecule has 1 amide bonds. The Morgan fingerprint density at radius 1 is 0.964 bits per heavy atom. The molecule has 3 aromatic rings. The lowest BCUT2D eigenvalue weighted by molar-refractivity contribution is 0.102. The van der Waals surface area contributed by atoms with E-state index in [9.17, 15) is 4.79 Å². The Bertz CT molecular complexity index is 980. The van der Waals surface area contributed by atoms with Gasteiger partial charge in [-0.05, 0) is 35.2 Å². The lowest BCUT2D eigenvalue weighted by Crippen LogP contribution is -2.19. The zero-order valence-corrected chi connectivity index (χ0v) is 16.5. The van der Waals surface area contributed by atoms with Crippen molar-refractivity contribution < 1.29 is 9.53 Å². The van der Waals surface area contributed by atoms with Crippen LogP contribution in [0.5, 0.6) is 5.75 Å². The van der Waals surface area contributed by atoms with Crippen molar-refractivity contribution >= 4 is 23.2 Å². The summed E-state index contributed by atoms with van der Waals surface area (Å²) in [5.74, 6) is 0.698. The maximum Gasteiger partial charge on any atom is 0.274 e. The van der Waals surface area contributed by atoms with Crippen molar-refractivity contribution in [1.82, 2.24) is 9.97 Å². The van der Waals surface area contributed by atoms with Gasteiger partial charge in [0, 0.05) is 11.9 Å². The monoisotopic (exact) mass is 376 g/mol. The van der Waals surface area contributed by atoms with Crippen LogP contribution in [0.15, 0.2) is 60.8 Å². The number of carbonyl (C=O) groups excluding carboxylic acids is 1. The number of aromatic nitrogens is 2. The number of ether oxygens (including phenoxy) is 1. The summed E-state index contributed by atoms with van der Waals surface area (Å²) < 4.78 is 5.32. The first-order chi connectivity index (χ1) is 13.4. The first kappa shape index (κ1) is 19.4. The lowest BCUT2D eigenvalue weighted by Gasteiger charge is -2.22. The topological polar surface area (TPSA) is 76.1 Å². The average Bonchev–Trinajstić information content (AvgIpc) is 2.68. The number of hydrogen-bond donors (Lipinski definition) is 2. The van der Waals surface area contributed by atoms with E-state index in [4.69, 9.17) is 4.74 Å². The van der Waals surface area contributed by atoms with Gasteiger partial charge in [0.05, 0.1) is 12.8 Å². The van der Waals surface area contributed by atoms with E-state index >= 15 is 0 Å². The second kappa shape index (κ2) is 8.08. The number of anilines is 3. The van der Waals surface area contributed by atoms with E-state index in [1.54, 1.807) is 19.4 Å². The van der Waals surface area contributed by atoms with Gasteiger partial charge in [-0.1, -0.05) is 51.1 Å². The van der Waals surface area contributed by atoms with Crippen LogP contribution in [0.2, 0.25) is 0 Å². The highest BCUT2D eigenvalue weighted by atomic mass is 16.5. The normalized spacial score (nSPS) is 11.0. The molecule has 0 aliphatic carbocycles. The van der Waals surface area contributed by atoms with Gasteiger partial charge >= 0.3 is 0 Å². The summed E-state index contributed by atoms with van der Waals surface area (Å²) in [6.07, 6.45) is 1.55. The van der Waals surface area contributed by atoms with Crippen molar-refractivity contribution in [2.24, 2.45) is 0 Å². The molecule has 0 radical (unpaired) electrons. The summed E-state index contributed by atoms with van der Waals surface area (Å²) in [5, 5.41) is 6.06. The highest BCUT2D eigenvalue weighted by Gasteiger charge is 2.19. The third-order valence-corrected chi connectivity index (χ3v) is 4.22. The smallest absolute Gasteiger partial charge is 0.274 e. The largest absolute Gasteiger partial charge is 0.495 e. The molecule has 0 spiro atoms. The van der Waals surface area contributed by atoms with Gasteiger partial charge in [0.15, 0.2) is 0 Å². The quantitative estimate of drug-likeness (QED) is 0.670. The predicted molar refractivity (Wildman–Crippen MR) is 111 cm³/mol. The Morgan fingerprint density at radius 2 is 1.64 bits per heavy atom. The molecule has 0 saturated carbocycles. The van der Waals surface area contributed by atoms with Crippen molar-refractivity contribution in [2.45, 2.75) is 26.2 Å². The van der Waals surface area contributed by atoms with E-state index < -0.39 is 0 Å². The molecule has 0 atom stereocenters. The standard InChI is InChI=1S/C22H24N4O2/c1-22(2,3)15-9-5-6-10-16(15)24-20(27)18-13-14-23-21(26-18)25-17-11-7-8-12-19(17)28-4/h5-14H,1-4H3,(H,24,27)(H,23,25,26). The highest BCUT2D eigenvalue weighted by molar-refractivity contribution is 6.03. The second-order valence-corrected chi connectivity index (χ2v) is 7.34. The molecule has 28 heavy (non-hydrogen) atoms. The molecular weight excluding hydrogens is 352 g/mol. The number of rotatable bonds is 5. The molecule has 2 N–H and O–H groups in total. The molecule has 0 aliphatic rings. The third kappa shape index (κ3) is 4.46. The van der Waals surface area contributed by atoms with Gasteiger partial charge in [-0.15, -0.1) is 0 Å². The van der Waals surface area contributed by atoms with Crippen molar-refractivity contribution in [2.75, 3.05) is 17.7 Å². The summed E-state index contributed by atoms with van der Waals surface area (Å²) >= 11 is 0. The Labute approximate surface area is 165 Å². The number of carbonyl (C=O) groups is 1. The fraction of sp³-hybridized carbons (Fsp3) is 0.227. The number of nitrogens with one attached hydrogen (secondary N) is 2. The van der Waals surface area contributed by atoms with Gasteiger partial charge in [0.2, 0.25) is 5.95 Å². The van der Waals surface area contributed by atoms with E-state index in [2.05, 4.69) is 41.4 Å². The van der Waals surface area contributed by atoms with Gasteiger partial charge in [0.25, 0.3) is 5.91 Å². The molecule has 0 unspecified atom stereocenters. The van der Waals surface area contributed by atoms with Crippen molar-refractivity contribution in [3.05, 3.63) is 72.1 Å². The summed E-state index contributed by atoms with van der Waals surface area (Å²) in [7, 11) is 1.60. The maximum absolute atomic E-state index is 12.8. The average molecular weight is 376 g/mol. The van der Waals surface area contributed by atoms with E-state index in [0.29, 0.717) is 11.7 Å². The number of nitrogens with zero attached hydrogens (tertiary/aromatic N) is 2. The van der Waals surface area contributed by atoms with Gasteiger partial charge in [-0.25, -0.2) is 9.97 Å². The summed E-state index contributed by atoms with van der Waals surface area (Å²) in [5.41, 5.74) is 2.74. The molecule has 3 rings (SSSR count). The molecule has 1 heterocycles. The Hall–Kier alpha value is -3.41. The molecule has 2 aromatic carbocycles. The third-order valence-electron chi connectivity index (χ3n) is 4.22. The Kier molecular flexibility index (Phi) is 5.59. The summed E-state index contributed by atoms with van der Waals surface area (Å²) in [6.45, 7) is 6.33. The zero-order valence-electron chi connectivity index (χ0n) is 16.5. The van der Waals surface area contributed by atoms with Crippen LogP contribution in [0.4, 0.5) is 17.3 Å². The fourth-order valence-corrected chi connectivity index (χ4v) is 2.85. The van der Waals surface area contributed by atoms with Crippen LogP contribution >= 0.6 is 0 Å². The lowest BCUT2D eigenvalue weighted by atomic mass is 9.86. The minimum atomic E-state index is -0.290. The van der Waals surface area contributed by atoms with Crippen LogP contribution in [0.25, 0.3) is 0 Å². The molecule has 0 saturated heterocycles. The fourth-order valence-electron chi connectivity index (χ4n) is 2.85. The van der Waals surface area contributed by atoms with Crippen LogP contribution < -0.4 is 15.4 Å². The van der Waals surface area contributed by atoms with E-state index in [1.165, 1.54) is 0 Å². The molecule has 1 aromatic heterocycles. The van der Waals surface area contributed by atoms with Gasteiger partial charge in [0.1, 0.15) is 11.4 Å². The highest BCUT2D eigenvalue weighted by Crippen LogP contribution is 2.29. The number of amides is 1. The molecule has 6 heteroatoms. The summed E-state index contributed by atoms with van der Waals surface area (Å²) in [6, 6.07) is 16.8. The van der Waals surface area contributed by atoms with Crippen molar-refractivity contribution in [3.8, 4) is 5.75 Å². The van der Waals surface area contributed by atoms with E-state index in [-0.39, 0.29) is 17.0 Å². The molecule has 0 bridgehead atoms. The molecule has 144 valence electrons. The Morgan fingerprint density at radius 3 is 2.36 bits per heavy atom. The number of methoxy groups -OCH3 is 1. The van der Waals surface area contributed by atoms with Crippen molar-refractivity contribution in [3.63, 3.8) is 0 Å². The van der Waals surface area contributed by atoms with Crippen LogP contribution in [0.3, 0.4) is 0 Å². The predicted octanol–water partition coefficient (Wildman–Crippen LogP) is 4.78. The van der Waals surface area contributed by atoms with Gasteiger partial charge < -0.3 is 15.4 Å². The van der Waals surface area contributed by atoms with Gasteiger partial charge in [-0.3, -0.25) is 4.79 Å². The SMILES string of the molecule is COc1ccccc1Nc1nccc(C(=O)Nc2ccccc2C(C)(C)C)n1. The molecule has 6 nitrogen and oxygen atoms in total. The van der Waals surface area contributed by atoms with Crippen LogP contribution in [-0.4, -0.2) is 23.0 Å². The zero-order chi connectivity index (χ0) is 20.1. The minimum Gasteiger partial charge on any atom is -0.495 e. The molecule has 0 fully saturated rings. The molecular formula is C22H24N4O2. The second-order valence-electron chi connectivity index (χ2n) is 7.34. The number of hydrogen-bond acceptors (Lipinski definition) is 5. The van der Waals surface area contributed by atoms with Crippen LogP contribution in [-0.2, 0) is 5.41 Å². The number of para-hydroxylation sites is 3. The van der Waals surface area contributed by atoms with Crippen LogP contribution in [0.1, 0.15) is 36.8 Å². The first-order valence-electron chi connectivity index (χ1n) is 9.02. The van der Waals surface area contributed by atoms with E-state index in [0.717, 1.165) is 16.9 Å². The van der Waals surface area contributed by atoms with Crippen molar-refractivity contribution in [1.29, 1.82) is 0 Å². The summed E-state index contributed by atoms with van der Waals surface area (Å²) in [4.78, 5) is 21.3. The number of benzene rings is 2. The molecule has 0 aliphatic heterocycles. The first-order valence-corrected chi connectivity index (χ1v) is 9.02. The Balaban J connectivity index is 1.82. The maximum atomic E-state index is 12.8. The van der Waals surface area contributed by atoms with E-state index in [1.807, 2.05) is 48.5 Å². The minimum absolute atomic E-state index is 0.0911.